The molecule has 4 heterocycles. The van der Waals surface area contributed by atoms with Crippen LogP contribution in [-0.2, 0) is 19.3 Å². The maximum Gasteiger partial charge on any atom is 0.417 e. The number of piperidine rings is 1. The van der Waals surface area contributed by atoms with Crippen LogP contribution in [0.25, 0.3) is 0 Å². The highest BCUT2D eigenvalue weighted by Crippen LogP contribution is 2.40. The van der Waals surface area contributed by atoms with E-state index in [0.29, 0.717) is 11.5 Å². The van der Waals surface area contributed by atoms with Gasteiger partial charge in [0.05, 0.1) is 5.56 Å². The van der Waals surface area contributed by atoms with Crippen LogP contribution in [0.4, 0.5) is 19.0 Å². The predicted octanol–water partition coefficient (Wildman–Crippen LogP) is 4.43. The van der Waals surface area contributed by atoms with E-state index in [-0.39, 0.29) is 5.54 Å². The lowest BCUT2D eigenvalue weighted by Gasteiger charge is -2.45. The second-order valence-corrected chi connectivity index (χ2v) is 8.27. The molecule has 0 bridgehead atoms. The Bertz CT molecular complexity index is 918. The van der Waals surface area contributed by atoms with Gasteiger partial charge in [0, 0.05) is 44.1 Å². The zero-order valence-corrected chi connectivity index (χ0v) is 17.1. The SMILES string of the molecule is CCn1cc(CN2CCCC23CCN(c2ccc(C(F)(F)F)cn2)CC3)cc1C#N. The van der Waals surface area contributed by atoms with Gasteiger partial charge >= 0.3 is 6.18 Å². The van der Waals surface area contributed by atoms with Gasteiger partial charge in [-0.2, -0.15) is 18.4 Å². The van der Waals surface area contributed by atoms with Gasteiger partial charge in [0.2, 0.25) is 0 Å². The number of nitriles is 1. The second-order valence-electron chi connectivity index (χ2n) is 8.27. The largest absolute Gasteiger partial charge is 0.417 e. The number of rotatable bonds is 4. The van der Waals surface area contributed by atoms with Crippen molar-refractivity contribution in [2.24, 2.45) is 0 Å². The molecule has 8 heteroatoms. The summed E-state index contributed by atoms with van der Waals surface area (Å²) < 4.78 is 40.3. The minimum Gasteiger partial charge on any atom is -0.356 e. The maximum absolute atomic E-state index is 12.8. The van der Waals surface area contributed by atoms with Crippen LogP contribution in [0.15, 0.2) is 30.6 Å². The van der Waals surface area contributed by atoms with Gasteiger partial charge in [-0.3, -0.25) is 4.90 Å². The Hall–Kier alpha value is -2.53. The van der Waals surface area contributed by atoms with E-state index in [0.717, 1.165) is 70.7 Å². The third-order valence-electron chi connectivity index (χ3n) is 6.62. The third-order valence-corrected chi connectivity index (χ3v) is 6.62. The minimum absolute atomic E-state index is 0.129. The summed E-state index contributed by atoms with van der Waals surface area (Å²) in [6.45, 7) is 6.26. The molecule has 0 atom stereocenters. The van der Waals surface area contributed by atoms with Crippen LogP contribution in [0.1, 0.15) is 49.4 Å². The van der Waals surface area contributed by atoms with Crippen LogP contribution in [-0.4, -0.2) is 39.6 Å². The zero-order chi connectivity index (χ0) is 21.4. The monoisotopic (exact) mass is 417 g/mol. The van der Waals surface area contributed by atoms with Crippen LogP contribution in [0.5, 0.6) is 0 Å². The summed E-state index contributed by atoms with van der Waals surface area (Å²) in [5, 5.41) is 9.31. The van der Waals surface area contributed by atoms with Gasteiger partial charge in [-0.25, -0.2) is 4.98 Å². The van der Waals surface area contributed by atoms with Crippen molar-refractivity contribution in [2.75, 3.05) is 24.5 Å². The second kappa shape index (κ2) is 7.95. The van der Waals surface area contributed by atoms with Crippen LogP contribution in [0, 0.1) is 11.3 Å². The lowest BCUT2D eigenvalue weighted by atomic mass is 9.84. The summed E-state index contributed by atoms with van der Waals surface area (Å²) in [5.74, 6) is 0.612. The quantitative estimate of drug-likeness (QED) is 0.739. The molecule has 2 aliphatic rings. The van der Waals surface area contributed by atoms with Gasteiger partial charge in [0.25, 0.3) is 0 Å². The zero-order valence-electron chi connectivity index (χ0n) is 17.1. The first-order valence-corrected chi connectivity index (χ1v) is 10.5. The Labute approximate surface area is 174 Å². The van der Waals surface area contributed by atoms with Gasteiger partial charge < -0.3 is 9.47 Å². The first-order valence-electron chi connectivity index (χ1n) is 10.5. The molecule has 0 aromatic carbocycles. The number of aromatic nitrogens is 2. The fourth-order valence-electron chi connectivity index (χ4n) is 4.93. The fraction of sp³-hybridized carbons (Fsp3) is 0.545. The van der Waals surface area contributed by atoms with E-state index in [9.17, 15) is 18.4 Å². The van der Waals surface area contributed by atoms with Crippen molar-refractivity contribution in [1.29, 1.82) is 5.26 Å². The van der Waals surface area contributed by atoms with Crippen LogP contribution in [0.2, 0.25) is 0 Å². The molecule has 160 valence electrons. The lowest BCUT2D eigenvalue weighted by molar-refractivity contribution is -0.137. The minimum atomic E-state index is -4.36. The highest BCUT2D eigenvalue weighted by molar-refractivity contribution is 5.41. The van der Waals surface area contributed by atoms with E-state index in [2.05, 4.69) is 27.0 Å². The summed E-state index contributed by atoms with van der Waals surface area (Å²) in [7, 11) is 0. The molecule has 0 saturated carbocycles. The van der Waals surface area contributed by atoms with E-state index in [4.69, 9.17) is 0 Å². The van der Waals surface area contributed by atoms with E-state index >= 15 is 0 Å². The molecule has 0 amide bonds. The summed E-state index contributed by atoms with van der Waals surface area (Å²) in [4.78, 5) is 8.69. The number of likely N-dealkylation sites (tertiary alicyclic amines) is 1. The number of halogens is 3. The molecule has 5 nitrogen and oxygen atoms in total. The highest BCUT2D eigenvalue weighted by atomic mass is 19.4. The average Bonchev–Trinajstić information content (AvgIpc) is 3.32. The highest BCUT2D eigenvalue weighted by Gasteiger charge is 2.43. The lowest BCUT2D eigenvalue weighted by Crippen LogP contribution is -2.52. The smallest absolute Gasteiger partial charge is 0.356 e. The Morgan fingerprint density at radius 2 is 1.93 bits per heavy atom. The summed E-state index contributed by atoms with van der Waals surface area (Å²) >= 11 is 0. The number of nitrogens with zero attached hydrogens (tertiary/aromatic N) is 5. The Kier molecular flexibility index (Phi) is 5.49. The Balaban J connectivity index is 1.42. The first kappa shape index (κ1) is 20.7. The topological polar surface area (TPSA) is 48.1 Å². The molecule has 0 N–H and O–H groups in total. The van der Waals surface area contributed by atoms with Crippen LogP contribution < -0.4 is 4.90 Å². The molecule has 4 rings (SSSR count). The molecule has 2 aliphatic heterocycles. The number of hydrogen-bond acceptors (Lipinski definition) is 4. The van der Waals surface area contributed by atoms with Gasteiger partial charge in [-0.1, -0.05) is 0 Å². The maximum atomic E-state index is 12.8. The van der Waals surface area contributed by atoms with Gasteiger partial charge in [-0.05, 0) is 62.9 Å². The average molecular weight is 417 g/mol. The van der Waals surface area contributed by atoms with Gasteiger partial charge in [-0.15, -0.1) is 0 Å². The molecule has 2 saturated heterocycles. The van der Waals surface area contributed by atoms with E-state index in [1.54, 1.807) is 0 Å². The molecule has 0 radical (unpaired) electrons. The molecule has 30 heavy (non-hydrogen) atoms. The number of hydrogen-bond donors (Lipinski definition) is 0. The number of aryl methyl sites for hydroxylation is 1. The van der Waals surface area contributed by atoms with Crippen molar-refractivity contribution in [3.63, 3.8) is 0 Å². The van der Waals surface area contributed by atoms with Crippen molar-refractivity contribution in [3.05, 3.63) is 47.4 Å². The third kappa shape index (κ3) is 3.91. The van der Waals surface area contributed by atoms with Crippen LogP contribution in [0.3, 0.4) is 0 Å². The molecular formula is C22H26F3N5. The molecule has 1 spiro atoms. The van der Waals surface area contributed by atoms with Crippen molar-refractivity contribution < 1.29 is 13.2 Å². The van der Waals surface area contributed by atoms with Crippen LogP contribution >= 0.6 is 0 Å². The molecule has 0 unspecified atom stereocenters. The van der Waals surface area contributed by atoms with Crippen molar-refractivity contribution in [3.8, 4) is 6.07 Å². The normalized spacial score (nSPS) is 19.4. The Morgan fingerprint density at radius 1 is 1.17 bits per heavy atom. The number of anilines is 1. The van der Waals surface area contributed by atoms with E-state index < -0.39 is 11.7 Å². The molecular weight excluding hydrogens is 391 g/mol. The number of pyridine rings is 1. The van der Waals surface area contributed by atoms with Crippen molar-refractivity contribution in [1.82, 2.24) is 14.5 Å². The van der Waals surface area contributed by atoms with Gasteiger partial charge in [0.1, 0.15) is 17.6 Å². The molecule has 2 fully saturated rings. The van der Waals surface area contributed by atoms with E-state index in [1.807, 2.05) is 17.6 Å². The first-order chi connectivity index (χ1) is 14.3. The van der Waals surface area contributed by atoms with Crippen molar-refractivity contribution >= 4 is 5.82 Å². The van der Waals surface area contributed by atoms with E-state index in [1.165, 1.54) is 11.6 Å². The summed E-state index contributed by atoms with van der Waals surface area (Å²) in [6.07, 6.45) is 2.87. The molecule has 0 aliphatic carbocycles. The van der Waals surface area contributed by atoms with Crippen molar-refractivity contribution in [2.45, 2.75) is 57.4 Å². The van der Waals surface area contributed by atoms with Gasteiger partial charge in [0.15, 0.2) is 0 Å². The fourth-order valence-corrected chi connectivity index (χ4v) is 4.93. The molecule has 2 aromatic heterocycles. The summed E-state index contributed by atoms with van der Waals surface area (Å²) in [6, 6.07) is 6.83. The molecule has 2 aromatic rings. The predicted molar refractivity (Wildman–Crippen MR) is 108 cm³/mol. The number of alkyl halides is 3. The standard InChI is InChI=1S/C22H26F3N5/c1-2-28-15-17(12-19(28)13-26)16-30-9-3-6-21(30)7-10-29(11-8-21)20-5-4-18(14-27-20)22(23,24)25/h4-5,12,14-15H,2-3,6-11,16H2,1H3. The Morgan fingerprint density at radius 3 is 2.50 bits per heavy atom. The summed E-state index contributed by atoms with van der Waals surface area (Å²) in [5.41, 5.74) is 1.28.